The highest BCUT2D eigenvalue weighted by Crippen LogP contribution is 2.18. The summed E-state index contributed by atoms with van der Waals surface area (Å²) in [7, 11) is 0. The molecular weight excluding hydrogens is 398 g/mol. The third kappa shape index (κ3) is 6.07. The van der Waals surface area contributed by atoms with E-state index in [9.17, 15) is 9.90 Å². The van der Waals surface area contributed by atoms with Crippen LogP contribution in [0.2, 0.25) is 5.02 Å². The van der Waals surface area contributed by atoms with Crippen molar-refractivity contribution in [1.82, 2.24) is 0 Å². The van der Waals surface area contributed by atoms with E-state index in [0.29, 0.717) is 27.9 Å². The van der Waals surface area contributed by atoms with Crippen molar-refractivity contribution in [3.8, 4) is 5.75 Å². The van der Waals surface area contributed by atoms with Crippen molar-refractivity contribution in [3.05, 3.63) is 81.5 Å². The number of rotatable bonds is 9. The molecule has 1 atom stereocenters. The van der Waals surface area contributed by atoms with E-state index in [-0.39, 0.29) is 19.1 Å². The quantitative estimate of drug-likeness (QED) is 0.533. The zero-order valence-electron chi connectivity index (χ0n) is 15.0. The molecule has 0 unspecified atom stereocenters. The number of benzene rings is 2. The van der Waals surface area contributed by atoms with Crippen LogP contribution < -0.4 is 10.1 Å². The van der Waals surface area contributed by atoms with E-state index >= 15 is 0 Å². The molecule has 0 saturated heterocycles. The molecule has 1 heterocycles. The molecule has 0 saturated carbocycles. The molecule has 3 rings (SSSR count). The topological polar surface area (TPSA) is 67.8 Å². The van der Waals surface area contributed by atoms with Gasteiger partial charge in [-0.3, -0.25) is 4.79 Å². The normalized spacial score (nSPS) is 11.8. The minimum atomic E-state index is -0.763. The zero-order valence-corrected chi connectivity index (χ0v) is 16.6. The molecule has 3 aromatic rings. The summed E-state index contributed by atoms with van der Waals surface area (Å²) in [6.45, 7) is 0.568. The van der Waals surface area contributed by atoms with Crippen molar-refractivity contribution in [3.63, 3.8) is 0 Å². The number of carbonyl (C=O) groups excluding carboxylic acids is 1. The number of thiophene rings is 1. The Hall–Kier alpha value is -2.38. The average Bonchev–Trinajstić information content (AvgIpc) is 3.24. The van der Waals surface area contributed by atoms with Crippen LogP contribution in [0.4, 0.5) is 5.69 Å². The zero-order chi connectivity index (χ0) is 19.8. The number of hydrogen-bond acceptors (Lipinski definition) is 5. The first-order valence-corrected chi connectivity index (χ1v) is 9.94. The fourth-order valence-corrected chi connectivity index (χ4v) is 3.21. The largest absolute Gasteiger partial charge is 0.491 e. The van der Waals surface area contributed by atoms with Crippen LogP contribution in [0.5, 0.6) is 5.75 Å². The maximum absolute atomic E-state index is 12.0. The Labute approximate surface area is 172 Å². The maximum Gasteiger partial charge on any atom is 0.265 e. The first-order chi connectivity index (χ1) is 13.6. The van der Waals surface area contributed by atoms with E-state index in [1.165, 1.54) is 11.3 Å². The second-order valence-electron chi connectivity index (χ2n) is 6.03. The molecule has 0 aliphatic carbocycles. The van der Waals surface area contributed by atoms with Gasteiger partial charge >= 0.3 is 0 Å². The molecule has 146 valence electrons. The SMILES string of the molecule is O=C(Nc1ccc(OC[C@@H](O)COCc2ccccc2Cl)cc1)c1cccs1. The second-order valence-corrected chi connectivity index (χ2v) is 7.38. The highest BCUT2D eigenvalue weighted by atomic mass is 35.5. The molecule has 0 fully saturated rings. The van der Waals surface area contributed by atoms with E-state index in [4.69, 9.17) is 21.1 Å². The summed E-state index contributed by atoms with van der Waals surface area (Å²) in [5.74, 6) is 0.453. The van der Waals surface area contributed by atoms with Gasteiger partial charge in [0.15, 0.2) is 0 Å². The number of halogens is 1. The van der Waals surface area contributed by atoms with Gasteiger partial charge in [-0.1, -0.05) is 35.9 Å². The van der Waals surface area contributed by atoms with Crippen LogP contribution in [0, 0.1) is 0 Å². The summed E-state index contributed by atoms with van der Waals surface area (Å²) in [6, 6.07) is 18.0. The van der Waals surface area contributed by atoms with E-state index in [1.54, 1.807) is 36.4 Å². The van der Waals surface area contributed by atoms with Gasteiger partial charge in [0, 0.05) is 10.7 Å². The van der Waals surface area contributed by atoms with E-state index in [2.05, 4.69) is 5.32 Å². The third-order valence-electron chi connectivity index (χ3n) is 3.83. The highest BCUT2D eigenvalue weighted by Gasteiger charge is 2.09. The molecule has 1 amide bonds. The molecule has 2 aromatic carbocycles. The van der Waals surface area contributed by atoms with Crippen molar-refractivity contribution < 1.29 is 19.4 Å². The van der Waals surface area contributed by atoms with Crippen LogP contribution in [0.25, 0.3) is 0 Å². The lowest BCUT2D eigenvalue weighted by Gasteiger charge is -2.13. The minimum absolute atomic E-state index is 0.101. The van der Waals surface area contributed by atoms with Crippen molar-refractivity contribution in [2.24, 2.45) is 0 Å². The van der Waals surface area contributed by atoms with Crippen LogP contribution in [-0.2, 0) is 11.3 Å². The molecule has 28 heavy (non-hydrogen) atoms. The average molecular weight is 418 g/mol. The van der Waals surface area contributed by atoms with Crippen LogP contribution in [-0.4, -0.2) is 30.3 Å². The summed E-state index contributed by atoms with van der Waals surface area (Å²) in [5.41, 5.74) is 1.55. The molecule has 0 aliphatic heterocycles. The van der Waals surface area contributed by atoms with Gasteiger partial charge in [-0.25, -0.2) is 0 Å². The number of nitrogens with one attached hydrogen (secondary N) is 1. The lowest BCUT2D eigenvalue weighted by Crippen LogP contribution is -2.23. The number of aliphatic hydroxyl groups is 1. The van der Waals surface area contributed by atoms with Crippen molar-refractivity contribution in [1.29, 1.82) is 0 Å². The van der Waals surface area contributed by atoms with Crippen LogP contribution in [0.15, 0.2) is 66.0 Å². The fraction of sp³-hybridized carbons (Fsp3) is 0.190. The Kier molecular flexibility index (Phi) is 7.45. The van der Waals surface area contributed by atoms with Gasteiger partial charge in [0.2, 0.25) is 0 Å². The molecule has 0 radical (unpaired) electrons. The molecular formula is C21H20ClNO4S. The Morgan fingerprint density at radius 1 is 1.07 bits per heavy atom. The van der Waals surface area contributed by atoms with Crippen LogP contribution >= 0.6 is 22.9 Å². The molecule has 2 N–H and O–H groups in total. The minimum Gasteiger partial charge on any atom is -0.491 e. The monoisotopic (exact) mass is 417 g/mol. The van der Waals surface area contributed by atoms with Gasteiger partial charge in [-0.05, 0) is 47.3 Å². The van der Waals surface area contributed by atoms with Crippen molar-refractivity contribution >= 4 is 34.5 Å². The highest BCUT2D eigenvalue weighted by molar-refractivity contribution is 7.12. The van der Waals surface area contributed by atoms with Gasteiger partial charge in [0.25, 0.3) is 5.91 Å². The first kappa shape index (κ1) is 20.4. The lowest BCUT2D eigenvalue weighted by atomic mass is 10.2. The number of aliphatic hydroxyl groups excluding tert-OH is 1. The van der Waals surface area contributed by atoms with E-state index in [1.807, 2.05) is 29.6 Å². The summed E-state index contributed by atoms with van der Waals surface area (Å²) in [5, 5.41) is 15.3. The number of anilines is 1. The summed E-state index contributed by atoms with van der Waals surface area (Å²) >= 11 is 7.45. The third-order valence-corrected chi connectivity index (χ3v) is 5.06. The number of carbonyl (C=O) groups is 1. The molecule has 0 spiro atoms. The molecule has 5 nitrogen and oxygen atoms in total. The number of ether oxygens (including phenoxy) is 2. The van der Waals surface area contributed by atoms with Gasteiger partial charge in [-0.15, -0.1) is 11.3 Å². The first-order valence-electron chi connectivity index (χ1n) is 8.69. The van der Waals surface area contributed by atoms with Crippen LogP contribution in [0.3, 0.4) is 0 Å². The van der Waals surface area contributed by atoms with Gasteiger partial charge in [-0.2, -0.15) is 0 Å². The van der Waals surface area contributed by atoms with Crippen molar-refractivity contribution in [2.45, 2.75) is 12.7 Å². The van der Waals surface area contributed by atoms with Crippen molar-refractivity contribution in [2.75, 3.05) is 18.5 Å². The lowest BCUT2D eigenvalue weighted by molar-refractivity contribution is 0.00551. The number of amides is 1. The summed E-state index contributed by atoms with van der Waals surface area (Å²) in [4.78, 5) is 12.7. The Morgan fingerprint density at radius 3 is 2.57 bits per heavy atom. The fourth-order valence-electron chi connectivity index (χ4n) is 2.40. The Morgan fingerprint density at radius 2 is 1.86 bits per heavy atom. The van der Waals surface area contributed by atoms with Crippen LogP contribution in [0.1, 0.15) is 15.2 Å². The maximum atomic E-state index is 12.0. The van der Waals surface area contributed by atoms with E-state index in [0.717, 1.165) is 5.56 Å². The molecule has 1 aromatic heterocycles. The summed E-state index contributed by atoms with van der Waals surface area (Å²) in [6.07, 6.45) is -0.763. The molecule has 0 bridgehead atoms. The number of hydrogen-bond donors (Lipinski definition) is 2. The van der Waals surface area contributed by atoms with Gasteiger partial charge in [0.1, 0.15) is 18.5 Å². The Balaban J connectivity index is 1.39. The summed E-state index contributed by atoms with van der Waals surface area (Å²) < 4.78 is 11.0. The standard InChI is InChI=1S/C21H20ClNO4S/c22-19-5-2-1-4-15(19)12-26-13-17(24)14-27-18-9-7-16(8-10-18)23-21(25)20-6-3-11-28-20/h1-11,17,24H,12-14H2,(H,23,25)/t17-/m0/s1. The van der Waals surface area contributed by atoms with E-state index < -0.39 is 6.10 Å². The molecule has 0 aliphatic rings. The van der Waals surface area contributed by atoms with Gasteiger partial charge < -0.3 is 19.9 Å². The Bertz CT molecular complexity index is 884. The molecule has 7 heteroatoms. The van der Waals surface area contributed by atoms with Gasteiger partial charge in [0.05, 0.1) is 18.1 Å². The second kappa shape index (κ2) is 10.2. The smallest absolute Gasteiger partial charge is 0.265 e. The predicted octanol–water partition coefficient (Wildman–Crippen LogP) is 4.61. The predicted molar refractivity (Wildman–Crippen MR) is 111 cm³/mol.